The lowest BCUT2D eigenvalue weighted by atomic mass is 10.0. The molecule has 7 heteroatoms. The Bertz CT molecular complexity index is 968. The molecule has 1 heterocycles. The number of carbonyl (C=O) groups excluding carboxylic acids is 2. The quantitative estimate of drug-likeness (QED) is 0.506. The van der Waals surface area contributed by atoms with Crippen LogP contribution >= 0.6 is 27.3 Å². The van der Waals surface area contributed by atoms with Crippen LogP contribution in [0, 0.1) is 5.82 Å². The first kappa shape index (κ1) is 19.3. The van der Waals surface area contributed by atoms with Crippen LogP contribution in [0.2, 0.25) is 0 Å². The van der Waals surface area contributed by atoms with E-state index in [1.54, 1.807) is 48.7 Å². The SMILES string of the molecule is CCOC(=O)c1c(-c2ccc(F)cc2)csc1NC(=O)c1ccc(Br)cc1. The number of nitrogens with one attached hydrogen (secondary N) is 1. The van der Waals surface area contributed by atoms with Crippen LogP contribution in [0.5, 0.6) is 0 Å². The lowest BCUT2D eigenvalue weighted by molar-refractivity contribution is 0.0529. The molecule has 0 saturated heterocycles. The Kier molecular flexibility index (Phi) is 6.03. The van der Waals surface area contributed by atoms with Gasteiger partial charge in [-0.05, 0) is 48.9 Å². The number of amides is 1. The molecule has 0 aliphatic heterocycles. The summed E-state index contributed by atoms with van der Waals surface area (Å²) in [6, 6.07) is 12.7. The van der Waals surface area contributed by atoms with Crippen molar-refractivity contribution in [2.75, 3.05) is 11.9 Å². The molecule has 3 aromatic rings. The number of benzene rings is 2. The molecule has 0 saturated carbocycles. The van der Waals surface area contributed by atoms with Gasteiger partial charge < -0.3 is 10.1 Å². The van der Waals surface area contributed by atoms with Gasteiger partial charge in [0.05, 0.1) is 6.61 Å². The molecule has 1 amide bonds. The Morgan fingerprint density at radius 1 is 1.11 bits per heavy atom. The molecular formula is C20H15BrFNO3S. The molecule has 1 aromatic heterocycles. The van der Waals surface area contributed by atoms with Gasteiger partial charge in [0.1, 0.15) is 16.4 Å². The Hall–Kier alpha value is -2.51. The summed E-state index contributed by atoms with van der Waals surface area (Å²) in [5, 5.41) is 4.91. The number of hydrogen-bond acceptors (Lipinski definition) is 4. The topological polar surface area (TPSA) is 55.4 Å². The molecule has 1 N–H and O–H groups in total. The highest BCUT2D eigenvalue weighted by atomic mass is 79.9. The van der Waals surface area contributed by atoms with E-state index < -0.39 is 5.97 Å². The van der Waals surface area contributed by atoms with Crippen LogP contribution in [0.25, 0.3) is 11.1 Å². The molecule has 3 rings (SSSR count). The van der Waals surface area contributed by atoms with Crippen molar-refractivity contribution in [1.29, 1.82) is 0 Å². The summed E-state index contributed by atoms with van der Waals surface area (Å²) in [4.78, 5) is 25.0. The Morgan fingerprint density at radius 3 is 2.41 bits per heavy atom. The molecule has 0 atom stereocenters. The first-order valence-corrected chi connectivity index (χ1v) is 9.78. The summed E-state index contributed by atoms with van der Waals surface area (Å²) < 4.78 is 19.2. The summed E-state index contributed by atoms with van der Waals surface area (Å²) in [5.41, 5.74) is 1.98. The van der Waals surface area contributed by atoms with Crippen LogP contribution in [0.1, 0.15) is 27.6 Å². The van der Waals surface area contributed by atoms with Crippen LogP contribution in [-0.4, -0.2) is 18.5 Å². The molecule has 0 aliphatic rings. The Balaban J connectivity index is 1.97. The first-order valence-electron chi connectivity index (χ1n) is 8.11. The third-order valence-corrected chi connectivity index (χ3v) is 5.18. The molecule has 4 nitrogen and oxygen atoms in total. The molecule has 0 spiro atoms. The molecule has 0 bridgehead atoms. The van der Waals surface area contributed by atoms with E-state index in [-0.39, 0.29) is 23.9 Å². The lowest BCUT2D eigenvalue weighted by Gasteiger charge is -2.09. The molecule has 27 heavy (non-hydrogen) atoms. The van der Waals surface area contributed by atoms with Gasteiger partial charge in [-0.25, -0.2) is 9.18 Å². The second kappa shape index (κ2) is 8.45. The first-order chi connectivity index (χ1) is 13.0. The van der Waals surface area contributed by atoms with Gasteiger partial charge >= 0.3 is 5.97 Å². The third kappa shape index (κ3) is 4.43. The Morgan fingerprint density at radius 2 is 1.78 bits per heavy atom. The molecule has 0 unspecified atom stereocenters. The van der Waals surface area contributed by atoms with Crippen molar-refractivity contribution in [3.63, 3.8) is 0 Å². The number of hydrogen-bond donors (Lipinski definition) is 1. The van der Waals surface area contributed by atoms with Gasteiger partial charge in [0.2, 0.25) is 0 Å². The van der Waals surface area contributed by atoms with Crippen molar-refractivity contribution in [1.82, 2.24) is 0 Å². The monoisotopic (exact) mass is 447 g/mol. The highest BCUT2D eigenvalue weighted by Gasteiger charge is 2.23. The minimum absolute atomic E-state index is 0.206. The summed E-state index contributed by atoms with van der Waals surface area (Å²) >= 11 is 4.55. The molecular weight excluding hydrogens is 433 g/mol. The zero-order chi connectivity index (χ0) is 19.4. The number of rotatable bonds is 5. The van der Waals surface area contributed by atoms with E-state index >= 15 is 0 Å². The van der Waals surface area contributed by atoms with E-state index in [1.807, 2.05) is 0 Å². The number of thiophene rings is 1. The highest BCUT2D eigenvalue weighted by Crippen LogP contribution is 2.36. The van der Waals surface area contributed by atoms with Crippen LogP contribution in [-0.2, 0) is 4.74 Å². The maximum atomic E-state index is 13.2. The largest absolute Gasteiger partial charge is 0.462 e. The van der Waals surface area contributed by atoms with Crippen molar-refractivity contribution in [3.05, 3.63) is 75.3 Å². The van der Waals surface area contributed by atoms with Crippen molar-refractivity contribution < 1.29 is 18.7 Å². The second-order valence-corrected chi connectivity index (χ2v) is 7.34. The highest BCUT2D eigenvalue weighted by molar-refractivity contribution is 9.10. The number of anilines is 1. The van der Waals surface area contributed by atoms with Gasteiger partial charge in [-0.3, -0.25) is 4.79 Å². The molecule has 0 radical (unpaired) electrons. The molecule has 138 valence electrons. The van der Waals surface area contributed by atoms with Crippen LogP contribution < -0.4 is 5.32 Å². The van der Waals surface area contributed by atoms with E-state index in [9.17, 15) is 14.0 Å². The average Bonchev–Trinajstić information content (AvgIpc) is 3.06. The van der Waals surface area contributed by atoms with E-state index in [1.165, 1.54) is 23.5 Å². The van der Waals surface area contributed by atoms with Gasteiger partial charge in [0.25, 0.3) is 5.91 Å². The van der Waals surface area contributed by atoms with E-state index in [4.69, 9.17) is 4.74 Å². The van der Waals surface area contributed by atoms with Crippen LogP contribution in [0.3, 0.4) is 0 Å². The number of ether oxygens (including phenoxy) is 1. The smallest absolute Gasteiger partial charge is 0.341 e. The lowest BCUT2D eigenvalue weighted by Crippen LogP contribution is -2.14. The average molecular weight is 448 g/mol. The maximum Gasteiger partial charge on any atom is 0.341 e. The maximum absolute atomic E-state index is 13.2. The van der Waals surface area contributed by atoms with Gasteiger partial charge in [-0.1, -0.05) is 28.1 Å². The van der Waals surface area contributed by atoms with Crippen molar-refractivity contribution in [3.8, 4) is 11.1 Å². The van der Waals surface area contributed by atoms with Gasteiger partial charge in [-0.2, -0.15) is 0 Å². The summed E-state index contributed by atoms with van der Waals surface area (Å²) in [6.45, 7) is 1.92. The fourth-order valence-corrected chi connectivity index (χ4v) is 3.69. The fraction of sp³-hybridized carbons (Fsp3) is 0.100. The van der Waals surface area contributed by atoms with Crippen molar-refractivity contribution >= 4 is 44.1 Å². The van der Waals surface area contributed by atoms with Crippen molar-refractivity contribution in [2.24, 2.45) is 0 Å². The summed E-state index contributed by atoms with van der Waals surface area (Å²) in [5.74, 6) is -1.24. The number of halogens is 2. The minimum Gasteiger partial charge on any atom is -0.462 e. The van der Waals surface area contributed by atoms with Crippen LogP contribution in [0.4, 0.5) is 9.39 Å². The van der Waals surface area contributed by atoms with E-state index in [0.717, 1.165) is 4.47 Å². The molecule has 0 aliphatic carbocycles. The predicted molar refractivity (Wildman–Crippen MR) is 108 cm³/mol. The summed E-state index contributed by atoms with van der Waals surface area (Å²) in [6.07, 6.45) is 0. The zero-order valence-electron chi connectivity index (χ0n) is 14.3. The summed E-state index contributed by atoms with van der Waals surface area (Å²) in [7, 11) is 0. The zero-order valence-corrected chi connectivity index (χ0v) is 16.7. The second-order valence-electron chi connectivity index (χ2n) is 5.54. The van der Waals surface area contributed by atoms with Crippen LogP contribution in [0.15, 0.2) is 58.4 Å². The van der Waals surface area contributed by atoms with Crippen molar-refractivity contribution in [2.45, 2.75) is 6.92 Å². The number of carbonyl (C=O) groups is 2. The third-order valence-electron chi connectivity index (χ3n) is 3.76. The molecule has 2 aromatic carbocycles. The van der Waals surface area contributed by atoms with Gasteiger partial charge in [-0.15, -0.1) is 11.3 Å². The van der Waals surface area contributed by atoms with E-state index in [0.29, 0.717) is 21.7 Å². The fourth-order valence-electron chi connectivity index (χ4n) is 2.47. The van der Waals surface area contributed by atoms with Gasteiger partial charge in [0.15, 0.2) is 0 Å². The minimum atomic E-state index is -0.538. The predicted octanol–water partition coefficient (Wildman–Crippen LogP) is 5.75. The normalized spacial score (nSPS) is 10.5. The standard InChI is InChI=1S/C20H15BrFNO3S/c1-2-26-20(25)17-16(12-5-9-15(22)10-6-12)11-27-19(17)23-18(24)13-3-7-14(21)8-4-13/h3-11H,2H2,1H3,(H,23,24). The molecule has 0 fully saturated rings. The van der Waals surface area contributed by atoms with E-state index in [2.05, 4.69) is 21.2 Å². The number of esters is 1. The Labute approximate surface area is 168 Å². The van der Waals surface area contributed by atoms with Gasteiger partial charge in [0, 0.05) is 21.0 Å².